The number of hydrogen-bond donors (Lipinski definition) is 1. The summed E-state index contributed by atoms with van der Waals surface area (Å²) in [7, 11) is -0.486. The Morgan fingerprint density at radius 1 is 1.24 bits per heavy atom. The Morgan fingerprint density at radius 2 is 2.00 bits per heavy atom. The molecule has 0 aliphatic rings. The standard InChI is InChI=1S/C12H13N5O3S/c1-16-11-8(5-14-16)3-4-10(20-2)12(11)17-7-9(6-15-17)21(13,18)19/h3-7H,1-2H3,(H2,13,18,19). The summed E-state index contributed by atoms with van der Waals surface area (Å²) in [5, 5.41) is 14.3. The molecule has 2 heterocycles. The first kappa shape index (κ1) is 13.6. The van der Waals surface area contributed by atoms with Gasteiger partial charge in [-0.15, -0.1) is 0 Å². The fourth-order valence-electron chi connectivity index (χ4n) is 2.19. The van der Waals surface area contributed by atoms with E-state index in [9.17, 15) is 8.42 Å². The van der Waals surface area contributed by atoms with E-state index in [1.54, 1.807) is 24.0 Å². The van der Waals surface area contributed by atoms with Gasteiger partial charge in [0.15, 0.2) is 0 Å². The molecule has 3 rings (SSSR count). The molecule has 0 aliphatic carbocycles. The van der Waals surface area contributed by atoms with E-state index in [0.717, 1.165) is 10.9 Å². The van der Waals surface area contributed by atoms with Crippen molar-refractivity contribution in [2.75, 3.05) is 7.11 Å². The predicted molar refractivity (Wildman–Crippen MR) is 75.8 cm³/mol. The summed E-state index contributed by atoms with van der Waals surface area (Å²) in [4.78, 5) is -0.0660. The number of sulfonamides is 1. The number of nitrogens with zero attached hydrogens (tertiary/aromatic N) is 4. The van der Waals surface area contributed by atoms with Gasteiger partial charge in [0.05, 0.1) is 31.2 Å². The lowest BCUT2D eigenvalue weighted by molar-refractivity contribution is 0.412. The number of methoxy groups -OCH3 is 1. The average molecular weight is 307 g/mol. The van der Waals surface area contributed by atoms with Crippen LogP contribution in [0.5, 0.6) is 5.75 Å². The molecule has 9 heteroatoms. The van der Waals surface area contributed by atoms with E-state index in [0.29, 0.717) is 11.4 Å². The van der Waals surface area contributed by atoms with Crippen LogP contribution < -0.4 is 9.88 Å². The highest BCUT2D eigenvalue weighted by molar-refractivity contribution is 7.89. The highest BCUT2D eigenvalue weighted by atomic mass is 32.2. The maximum absolute atomic E-state index is 11.4. The van der Waals surface area contributed by atoms with Crippen LogP contribution in [0.25, 0.3) is 16.6 Å². The van der Waals surface area contributed by atoms with Gasteiger partial charge in [0.25, 0.3) is 0 Å². The van der Waals surface area contributed by atoms with Gasteiger partial charge in [-0.05, 0) is 12.1 Å². The summed E-state index contributed by atoms with van der Waals surface area (Å²) >= 11 is 0. The fourth-order valence-corrected chi connectivity index (χ4v) is 2.63. The highest BCUT2D eigenvalue weighted by Gasteiger charge is 2.18. The SMILES string of the molecule is COc1ccc2cnn(C)c2c1-n1cc(S(N)(=O)=O)cn1. The van der Waals surface area contributed by atoms with Crippen molar-refractivity contribution in [3.05, 3.63) is 30.7 Å². The first-order valence-electron chi connectivity index (χ1n) is 5.98. The Bertz CT molecular complexity index is 926. The van der Waals surface area contributed by atoms with Crippen molar-refractivity contribution in [1.82, 2.24) is 19.6 Å². The van der Waals surface area contributed by atoms with E-state index in [1.165, 1.54) is 24.2 Å². The van der Waals surface area contributed by atoms with E-state index in [-0.39, 0.29) is 4.90 Å². The van der Waals surface area contributed by atoms with Crippen molar-refractivity contribution < 1.29 is 13.2 Å². The molecule has 0 bridgehead atoms. The minimum absolute atomic E-state index is 0.0660. The van der Waals surface area contributed by atoms with Gasteiger partial charge >= 0.3 is 0 Å². The van der Waals surface area contributed by atoms with Crippen LogP contribution in [0.15, 0.2) is 35.6 Å². The number of primary sulfonamides is 1. The fraction of sp³-hybridized carbons (Fsp3) is 0.167. The average Bonchev–Trinajstić information content (AvgIpc) is 3.05. The summed E-state index contributed by atoms with van der Waals surface area (Å²) < 4.78 is 31.2. The van der Waals surface area contributed by atoms with Gasteiger partial charge in [0, 0.05) is 12.4 Å². The first-order chi connectivity index (χ1) is 9.91. The lowest BCUT2D eigenvalue weighted by atomic mass is 10.2. The molecule has 21 heavy (non-hydrogen) atoms. The molecule has 0 amide bonds. The number of benzene rings is 1. The molecule has 8 nitrogen and oxygen atoms in total. The zero-order chi connectivity index (χ0) is 15.2. The Morgan fingerprint density at radius 3 is 2.62 bits per heavy atom. The van der Waals surface area contributed by atoms with Crippen LogP contribution in [-0.4, -0.2) is 35.1 Å². The number of ether oxygens (including phenoxy) is 1. The van der Waals surface area contributed by atoms with E-state index < -0.39 is 10.0 Å². The zero-order valence-electron chi connectivity index (χ0n) is 11.4. The molecule has 1 aromatic carbocycles. The van der Waals surface area contributed by atoms with Crippen molar-refractivity contribution in [2.45, 2.75) is 4.90 Å². The van der Waals surface area contributed by atoms with Gasteiger partial charge in [-0.25, -0.2) is 18.2 Å². The van der Waals surface area contributed by atoms with Gasteiger partial charge < -0.3 is 4.74 Å². The van der Waals surface area contributed by atoms with Crippen LogP contribution in [0.2, 0.25) is 0 Å². The van der Waals surface area contributed by atoms with Crippen molar-refractivity contribution >= 4 is 20.9 Å². The van der Waals surface area contributed by atoms with E-state index in [2.05, 4.69) is 10.2 Å². The van der Waals surface area contributed by atoms with E-state index in [4.69, 9.17) is 9.88 Å². The van der Waals surface area contributed by atoms with Gasteiger partial charge in [-0.2, -0.15) is 10.2 Å². The van der Waals surface area contributed by atoms with Gasteiger partial charge in [-0.3, -0.25) is 4.68 Å². The van der Waals surface area contributed by atoms with Gasteiger partial charge in [0.2, 0.25) is 10.0 Å². The molecule has 2 aromatic heterocycles. The van der Waals surface area contributed by atoms with Crippen molar-refractivity contribution in [3.63, 3.8) is 0 Å². The number of rotatable bonds is 3. The molecule has 0 saturated carbocycles. The molecule has 0 radical (unpaired) electrons. The summed E-state index contributed by atoms with van der Waals surface area (Å²) in [5.41, 5.74) is 1.38. The number of nitrogens with two attached hydrogens (primary N) is 1. The Balaban J connectivity index is 2.33. The van der Waals surface area contributed by atoms with Crippen LogP contribution >= 0.6 is 0 Å². The largest absolute Gasteiger partial charge is 0.494 e. The molecule has 0 saturated heterocycles. The lowest BCUT2D eigenvalue weighted by Gasteiger charge is -2.10. The third-order valence-electron chi connectivity index (χ3n) is 3.18. The maximum atomic E-state index is 11.4. The third-order valence-corrected chi connectivity index (χ3v) is 4.04. The van der Waals surface area contributed by atoms with Crippen LogP contribution in [0.3, 0.4) is 0 Å². The van der Waals surface area contributed by atoms with Crippen LogP contribution in [0.1, 0.15) is 0 Å². The lowest BCUT2D eigenvalue weighted by Crippen LogP contribution is -2.11. The van der Waals surface area contributed by atoms with Crippen LogP contribution in [-0.2, 0) is 17.1 Å². The minimum atomic E-state index is -3.81. The summed E-state index contributed by atoms with van der Waals surface area (Å²) in [6, 6.07) is 3.65. The normalized spacial score (nSPS) is 12.0. The molecule has 0 fully saturated rings. The van der Waals surface area contributed by atoms with Crippen molar-refractivity contribution in [1.29, 1.82) is 0 Å². The number of aryl methyl sites for hydroxylation is 1. The molecule has 0 aliphatic heterocycles. The van der Waals surface area contributed by atoms with E-state index in [1.807, 2.05) is 6.07 Å². The second-order valence-electron chi connectivity index (χ2n) is 4.49. The Hall–Kier alpha value is -2.39. The number of fused-ring (bicyclic) bond motifs is 1. The summed E-state index contributed by atoms with van der Waals surface area (Å²) in [5.74, 6) is 0.551. The predicted octanol–water partition coefficient (Wildman–Crippen LogP) is 0.415. The molecule has 0 atom stereocenters. The molecular weight excluding hydrogens is 294 g/mol. The topological polar surface area (TPSA) is 105 Å². The second kappa shape index (κ2) is 4.57. The number of hydrogen-bond acceptors (Lipinski definition) is 5. The highest BCUT2D eigenvalue weighted by Crippen LogP contribution is 2.31. The second-order valence-corrected chi connectivity index (χ2v) is 6.05. The van der Waals surface area contributed by atoms with Gasteiger partial charge in [0.1, 0.15) is 16.3 Å². The van der Waals surface area contributed by atoms with Crippen LogP contribution in [0.4, 0.5) is 0 Å². The quantitative estimate of drug-likeness (QED) is 0.754. The minimum Gasteiger partial charge on any atom is -0.494 e. The zero-order valence-corrected chi connectivity index (χ0v) is 12.2. The summed E-state index contributed by atoms with van der Waals surface area (Å²) in [6.45, 7) is 0. The monoisotopic (exact) mass is 307 g/mol. The maximum Gasteiger partial charge on any atom is 0.241 e. The number of aromatic nitrogens is 4. The molecular formula is C12H13N5O3S. The third kappa shape index (κ3) is 2.16. The van der Waals surface area contributed by atoms with Crippen molar-refractivity contribution in [2.24, 2.45) is 12.2 Å². The molecule has 2 N–H and O–H groups in total. The molecule has 0 spiro atoms. The van der Waals surface area contributed by atoms with Crippen molar-refractivity contribution in [3.8, 4) is 11.4 Å². The molecule has 0 unspecified atom stereocenters. The molecule has 3 aromatic rings. The first-order valence-corrected chi connectivity index (χ1v) is 7.53. The smallest absolute Gasteiger partial charge is 0.241 e. The Labute approximate surface area is 120 Å². The van der Waals surface area contributed by atoms with Crippen LogP contribution in [0, 0.1) is 0 Å². The van der Waals surface area contributed by atoms with E-state index >= 15 is 0 Å². The van der Waals surface area contributed by atoms with Gasteiger partial charge in [-0.1, -0.05) is 0 Å². The Kier molecular flexibility index (Phi) is 2.96. The molecule has 110 valence electrons. The summed E-state index contributed by atoms with van der Waals surface area (Å²) in [6.07, 6.45) is 4.26.